The van der Waals surface area contributed by atoms with Gasteiger partial charge in [0.2, 0.25) is 0 Å². The summed E-state index contributed by atoms with van der Waals surface area (Å²) in [5, 5.41) is 2.61. The smallest absolute Gasteiger partial charge is 0.163 e. The van der Waals surface area contributed by atoms with Gasteiger partial charge in [-0.25, -0.2) is 0 Å². The van der Waals surface area contributed by atoms with E-state index in [1.54, 1.807) is 14.2 Å². The van der Waals surface area contributed by atoms with Crippen LogP contribution in [0.2, 0.25) is 0 Å². The van der Waals surface area contributed by atoms with Crippen LogP contribution >= 0.6 is 0 Å². The first-order valence-corrected chi connectivity index (χ1v) is 8.83. The molecule has 0 fully saturated rings. The van der Waals surface area contributed by atoms with Crippen molar-refractivity contribution in [3.8, 4) is 11.5 Å². The fourth-order valence-electron chi connectivity index (χ4n) is 3.67. The predicted molar refractivity (Wildman–Crippen MR) is 105 cm³/mol. The fraction of sp³-hybridized carbons (Fsp3) is 0.304. The highest BCUT2D eigenvalue weighted by Gasteiger charge is 2.18. The highest BCUT2D eigenvalue weighted by atomic mass is 16.5. The Morgan fingerprint density at radius 3 is 2.40 bits per heavy atom. The zero-order valence-corrected chi connectivity index (χ0v) is 15.7. The SMILES string of the molecule is CCc1cc([C@H](C)c2ccc3ccccc3c2C)cc(OC)c1OC. The van der Waals surface area contributed by atoms with E-state index >= 15 is 0 Å². The molecule has 0 saturated carbocycles. The van der Waals surface area contributed by atoms with Crippen LogP contribution in [0.3, 0.4) is 0 Å². The quantitative estimate of drug-likeness (QED) is 0.580. The maximum Gasteiger partial charge on any atom is 0.163 e. The van der Waals surface area contributed by atoms with E-state index in [1.165, 1.54) is 33.0 Å². The van der Waals surface area contributed by atoms with E-state index in [1.807, 2.05) is 0 Å². The van der Waals surface area contributed by atoms with Crippen LogP contribution in [0.4, 0.5) is 0 Å². The minimum absolute atomic E-state index is 0.287. The number of hydrogen-bond acceptors (Lipinski definition) is 2. The van der Waals surface area contributed by atoms with Crippen molar-refractivity contribution in [1.82, 2.24) is 0 Å². The van der Waals surface area contributed by atoms with Gasteiger partial charge in [0.25, 0.3) is 0 Å². The molecule has 0 radical (unpaired) electrons. The van der Waals surface area contributed by atoms with E-state index in [2.05, 4.69) is 69.3 Å². The Bertz CT molecular complexity index is 871. The summed E-state index contributed by atoms with van der Waals surface area (Å²) in [6.07, 6.45) is 0.913. The Morgan fingerprint density at radius 2 is 1.72 bits per heavy atom. The van der Waals surface area contributed by atoms with Crippen molar-refractivity contribution in [3.05, 3.63) is 70.8 Å². The van der Waals surface area contributed by atoms with Gasteiger partial charge in [0, 0.05) is 5.92 Å². The molecule has 0 unspecified atom stereocenters. The average Bonchev–Trinajstić information content (AvgIpc) is 2.66. The molecule has 0 aliphatic heterocycles. The molecule has 0 saturated heterocycles. The number of hydrogen-bond donors (Lipinski definition) is 0. The van der Waals surface area contributed by atoms with Crippen LogP contribution < -0.4 is 9.47 Å². The van der Waals surface area contributed by atoms with E-state index in [-0.39, 0.29) is 5.92 Å². The molecule has 3 aromatic rings. The molecule has 0 bridgehead atoms. The molecule has 2 heteroatoms. The van der Waals surface area contributed by atoms with Crippen molar-refractivity contribution in [2.75, 3.05) is 14.2 Å². The summed E-state index contributed by atoms with van der Waals surface area (Å²) in [5.74, 6) is 1.94. The molecule has 0 amide bonds. The lowest BCUT2D eigenvalue weighted by molar-refractivity contribution is 0.351. The summed E-state index contributed by atoms with van der Waals surface area (Å²) in [6, 6.07) is 17.4. The van der Waals surface area contributed by atoms with Crippen LogP contribution in [0.5, 0.6) is 11.5 Å². The molecule has 1 atom stereocenters. The highest BCUT2D eigenvalue weighted by molar-refractivity contribution is 5.86. The molecule has 130 valence electrons. The molecular formula is C23H26O2. The predicted octanol–water partition coefficient (Wildman–Crippen LogP) is 5.88. The molecule has 0 aliphatic rings. The molecule has 0 aliphatic carbocycles. The second-order valence-corrected chi connectivity index (χ2v) is 6.49. The Hall–Kier alpha value is -2.48. The minimum atomic E-state index is 0.287. The van der Waals surface area contributed by atoms with Crippen molar-refractivity contribution in [1.29, 1.82) is 0 Å². The van der Waals surface area contributed by atoms with Gasteiger partial charge in [-0.05, 0) is 52.4 Å². The number of fused-ring (bicyclic) bond motifs is 1. The van der Waals surface area contributed by atoms with Crippen LogP contribution in [-0.2, 0) is 6.42 Å². The zero-order chi connectivity index (χ0) is 18.0. The third kappa shape index (κ3) is 3.09. The van der Waals surface area contributed by atoms with Gasteiger partial charge in [-0.3, -0.25) is 0 Å². The normalized spacial score (nSPS) is 12.2. The maximum absolute atomic E-state index is 5.58. The van der Waals surface area contributed by atoms with Crippen LogP contribution in [0.25, 0.3) is 10.8 Å². The molecule has 0 spiro atoms. The van der Waals surface area contributed by atoms with Gasteiger partial charge in [-0.2, -0.15) is 0 Å². The molecule has 3 aromatic carbocycles. The highest BCUT2D eigenvalue weighted by Crippen LogP contribution is 2.38. The number of methoxy groups -OCH3 is 2. The Morgan fingerprint density at radius 1 is 0.960 bits per heavy atom. The van der Waals surface area contributed by atoms with Crippen molar-refractivity contribution in [2.24, 2.45) is 0 Å². The number of benzene rings is 3. The molecular weight excluding hydrogens is 308 g/mol. The summed E-state index contributed by atoms with van der Waals surface area (Å²) < 4.78 is 11.1. The van der Waals surface area contributed by atoms with Gasteiger partial charge in [0.1, 0.15) is 0 Å². The van der Waals surface area contributed by atoms with E-state index in [0.717, 1.165) is 17.9 Å². The lowest BCUT2D eigenvalue weighted by Gasteiger charge is -2.20. The van der Waals surface area contributed by atoms with E-state index < -0.39 is 0 Å². The molecule has 0 heterocycles. The van der Waals surface area contributed by atoms with Crippen LogP contribution in [0, 0.1) is 6.92 Å². The Balaban J connectivity index is 2.12. The van der Waals surface area contributed by atoms with E-state index in [4.69, 9.17) is 9.47 Å². The average molecular weight is 334 g/mol. The topological polar surface area (TPSA) is 18.5 Å². The minimum Gasteiger partial charge on any atom is -0.493 e. The summed E-state index contributed by atoms with van der Waals surface area (Å²) in [7, 11) is 3.40. The first-order chi connectivity index (χ1) is 12.1. The van der Waals surface area contributed by atoms with Gasteiger partial charge in [-0.1, -0.05) is 56.3 Å². The number of ether oxygens (including phenoxy) is 2. The van der Waals surface area contributed by atoms with Crippen molar-refractivity contribution in [3.63, 3.8) is 0 Å². The zero-order valence-electron chi connectivity index (χ0n) is 15.7. The monoisotopic (exact) mass is 334 g/mol. The fourth-order valence-corrected chi connectivity index (χ4v) is 3.67. The van der Waals surface area contributed by atoms with Crippen LogP contribution in [-0.4, -0.2) is 14.2 Å². The molecule has 2 nitrogen and oxygen atoms in total. The number of rotatable bonds is 5. The largest absolute Gasteiger partial charge is 0.493 e. The van der Waals surface area contributed by atoms with E-state index in [0.29, 0.717) is 0 Å². The Kier molecular flexibility index (Phi) is 4.98. The molecule has 0 N–H and O–H groups in total. The Labute approximate surface area is 150 Å². The second-order valence-electron chi connectivity index (χ2n) is 6.49. The molecule has 0 aromatic heterocycles. The van der Waals surface area contributed by atoms with Crippen LogP contribution in [0.15, 0.2) is 48.5 Å². The summed E-state index contributed by atoms with van der Waals surface area (Å²) in [5.41, 5.74) is 5.14. The standard InChI is InChI=1S/C23H26O2/c1-6-17-13-19(14-22(24-4)23(17)25-5)15(2)20-12-11-18-9-7-8-10-21(18)16(20)3/h7-15H,6H2,1-5H3/t15-/m0/s1. The first kappa shape index (κ1) is 17.3. The lowest BCUT2D eigenvalue weighted by Crippen LogP contribution is -2.03. The van der Waals surface area contributed by atoms with Gasteiger partial charge in [-0.15, -0.1) is 0 Å². The summed E-state index contributed by atoms with van der Waals surface area (Å²) in [6.45, 7) is 6.63. The maximum atomic E-state index is 5.58. The van der Waals surface area contributed by atoms with Crippen molar-refractivity contribution >= 4 is 10.8 Å². The van der Waals surface area contributed by atoms with Gasteiger partial charge >= 0.3 is 0 Å². The van der Waals surface area contributed by atoms with Gasteiger partial charge < -0.3 is 9.47 Å². The van der Waals surface area contributed by atoms with Gasteiger partial charge in [0.05, 0.1) is 14.2 Å². The third-order valence-corrected chi connectivity index (χ3v) is 5.17. The first-order valence-electron chi connectivity index (χ1n) is 8.83. The summed E-state index contributed by atoms with van der Waals surface area (Å²) in [4.78, 5) is 0. The molecule has 3 rings (SSSR count). The van der Waals surface area contributed by atoms with Crippen molar-refractivity contribution < 1.29 is 9.47 Å². The van der Waals surface area contributed by atoms with Crippen LogP contribution in [0.1, 0.15) is 42.0 Å². The second kappa shape index (κ2) is 7.18. The van der Waals surface area contributed by atoms with Crippen molar-refractivity contribution in [2.45, 2.75) is 33.1 Å². The number of aryl methyl sites for hydroxylation is 2. The molecule has 25 heavy (non-hydrogen) atoms. The van der Waals surface area contributed by atoms with E-state index in [9.17, 15) is 0 Å². The summed E-state index contributed by atoms with van der Waals surface area (Å²) >= 11 is 0. The lowest BCUT2D eigenvalue weighted by atomic mass is 9.86. The van der Waals surface area contributed by atoms with Gasteiger partial charge in [0.15, 0.2) is 11.5 Å². The third-order valence-electron chi connectivity index (χ3n) is 5.17.